The van der Waals surface area contributed by atoms with Gasteiger partial charge in [0.2, 0.25) is 0 Å². The first-order valence-corrected chi connectivity index (χ1v) is 8.28. The third-order valence-corrected chi connectivity index (χ3v) is 4.72. The Morgan fingerprint density at radius 2 is 1.40 bits per heavy atom. The van der Waals surface area contributed by atoms with E-state index in [1.165, 1.54) is 6.07 Å². The van der Waals surface area contributed by atoms with Gasteiger partial charge in [0.1, 0.15) is 5.60 Å². The van der Waals surface area contributed by atoms with Gasteiger partial charge in [0.25, 0.3) is 0 Å². The average Bonchev–Trinajstić information content (AvgIpc) is 2.98. The highest BCUT2D eigenvalue weighted by Gasteiger charge is 2.41. The van der Waals surface area contributed by atoms with Gasteiger partial charge >= 0.3 is 12.4 Å². The van der Waals surface area contributed by atoms with Crippen LogP contribution in [0.2, 0.25) is 0 Å². The Hall–Kier alpha value is -1.54. The fourth-order valence-electron chi connectivity index (χ4n) is 2.66. The summed E-state index contributed by atoms with van der Waals surface area (Å²) >= 11 is 1.08. The van der Waals surface area contributed by atoms with E-state index in [4.69, 9.17) is 0 Å². The summed E-state index contributed by atoms with van der Waals surface area (Å²) in [4.78, 5) is 0.300. The second-order valence-corrected chi connectivity index (χ2v) is 7.18. The van der Waals surface area contributed by atoms with Crippen LogP contribution >= 0.6 is 11.3 Å². The first-order chi connectivity index (χ1) is 11.3. The molecule has 1 aromatic carbocycles. The largest absolute Gasteiger partial charge is 0.416 e. The number of hydrogen-bond donors (Lipinski definition) is 1. The molecular weight excluding hydrogens is 366 g/mol. The number of aliphatic hydroxyl groups is 1. The van der Waals surface area contributed by atoms with Gasteiger partial charge in [-0.2, -0.15) is 26.3 Å². The number of alkyl halides is 6. The predicted molar refractivity (Wildman–Crippen MR) is 83.2 cm³/mol. The van der Waals surface area contributed by atoms with Crippen LogP contribution in [-0.4, -0.2) is 5.11 Å². The van der Waals surface area contributed by atoms with Crippen LogP contribution < -0.4 is 0 Å². The number of hydrogen-bond acceptors (Lipinski definition) is 2. The standard InChI is InChI=1S/C17H16F6OS/c1-10(2)9-15(24,14-4-3-5-25-14)11-6-12(16(18,19)20)8-13(7-11)17(21,22)23/h3-8,10,24H,9H2,1-2H3. The zero-order valence-corrected chi connectivity index (χ0v) is 14.2. The summed E-state index contributed by atoms with van der Waals surface area (Å²) in [6, 6.07) is 4.34. The third-order valence-electron chi connectivity index (χ3n) is 3.70. The number of benzene rings is 1. The molecule has 0 aliphatic carbocycles. The molecule has 0 saturated heterocycles. The summed E-state index contributed by atoms with van der Waals surface area (Å²) in [6.45, 7) is 3.47. The van der Waals surface area contributed by atoms with E-state index in [1.807, 2.05) is 0 Å². The molecule has 1 nitrogen and oxygen atoms in total. The van der Waals surface area contributed by atoms with Crippen molar-refractivity contribution in [1.82, 2.24) is 0 Å². The lowest BCUT2D eigenvalue weighted by Gasteiger charge is -2.31. The maximum atomic E-state index is 13.1. The Kier molecular flexibility index (Phi) is 5.26. The van der Waals surface area contributed by atoms with Crippen molar-refractivity contribution in [3.05, 3.63) is 57.3 Å². The van der Waals surface area contributed by atoms with Crippen molar-refractivity contribution in [3.63, 3.8) is 0 Å². The van der Waals surface area contributed by atoms with Gasteiger partial charge in [0, 0.05) is 4.88 Å². The SMILES string of the molecule is CC(C)CC(O)(c1cc(C(F)(F)F)cc(C(F)(F)F)c1)c1cccs1. The monoisotopic (exact) mass is 382 g/mol. The van der Waals surface area contributed by atoms with Crippen molar-refractivity contribution in [3.8, 4) is 0 Å². The maximum Gasteiger partial charge on any atom is 0.416 e. The fraction of sp³-hybridized carbons (Fsp3) is 0.412. The summed E-state index contributed by atoms with van der Waals surface area (Å²) in [5, 5.41) is 12.7. The smallest absolute Gasteiger partial charge is 0.380 e. The molecule has 138 valence electrons. The Morgan fingerprint density at radius 1 is 0.920 bits per heavy atom. The Labute approximate surface area is 144 Å². The highest BCUT2D eigenvalue weighted by Crippen LogP contribution is 2.43. The minimum Gasteiger partial charge on any atom is -0.380 e. The van der Waals surface area contributed by atoms with Crippen LogP contribution in [0.5, 0.6) is 0 Å². The fourth-order valence-corrected chi connectivity index (χ4v) is 3.52. The number of halogens is 6. The predicted octanol–water partition coefficient (Wildman–Crippen LogP) is 6.07. The number of thiophene rings is 1. The van der Waals surface area contributed by atoms with Gasteiger partial charge in [0.05, 0.1) is 11.1 Å². The minimum atomic E-state index is -4.95. The molecule has 0 saturated carbocycles. The molecule has 25 heavy (non-hydrogen) atoms. The minimum absolute atomic E-state index is 0.00782. The molecule has 0 amide bonds. The molecule has 1 aromatic heterocycles. The van der Waals surface area contributed by atoms with Crippen LogP contribution in [0.25, 0.3) is 0 Å². The lowest BCUT2D eigenvalue weighted by atomic mass is 9.83. The van der Waals surface area contributed by atoms with Crippen molar-refractivity contribution < 1.29 is 31.4 Å². The molecule has 2 rings (SSSR count). The van der Waals surface area contributed by atoms with Crippen LogP contribution in [-0.2, 0) is 18.0 Å². The molecule has 2 aromatic rings. The molecule has 0 bridgehead atoms. The molecule has 1 unspecified atom stereocenters. The van der Waals surface area contributed by atoms with Crippen LogP contribution in [0.4, 0.5) is 26.3 Å². The van der Waals surface area contributed by atoms with E-state index >= 15 is 0 Å². The Morgan fingerprint density at radius 3 is 1.76 bits per heavy atom. The van der Waals surface area contributed by atoms with Crippen LogP contribution in [0.1, 0.15) is 41.8 Å². The van der Waals surface area contributed by atoms with E-state index in [-0.39, 0.29) is 18.4 Å². The Bertz CT molecular complexity index is 685. The topological polar surface area (TPSA) is 20.2 Å². The molecule has 0 spiro atoms. The van der Waals surface area contributed by atoms with Gasteiger partial charge in [-0.05, 0) is 47.5 Å². The Balaban J connectivity index is 2.73. The van der Waals surface area contributed by atoms with Crippen LogP contribution in [0.3, 0.4) is 0 Å². The molecule has 0 fully saturated rings. The van der Waals surface area contributed by atoms with Gasteiger partial charge in [-0.15, -0.1) is 11.3 Å². The molecular formula is C17H16F6OS. The molecule has 0 radical (unpaired) electrons. The summed E-state index contributed by atoms with van der Waals surface area (Å²) in [6.07, 6.45) is -9.92. The van der Waals surface area contributed by atoms with E-state index in [0.29, 0.717) is 17.0 Å². The molecule has 1 atom stereocenters. The van der Waals surface area contributed by atoms with E-state index < -0.39 is 34.6 Å². The van der Waals surface area contributed by atoms with Gasteiger partial charge in [-0.25, -0.2) is 0 Å². The zero-order chi connectivity index (χ0) is 19.0. The van der Waals surface area contributed by atoms with Gasteiger partial charge < -0.3 is 5.11 Å². The second-order valence-electron chi connectivity index (χ2n) is 6.23. The molecule has 1 N–H and O–H groups in total. The summed E-state index contributed by atoms with van der Waals surface area (Å²) in [7, 11) is 0. The van der Waals surface area contributed by atoms with E-state index in [0.717, 1.165) is 11.3 Å². The number of rotatable bonds is 4. The highest BCUT2D eigenvalue weighted by molar-refractivity contribution is 7.10. The summed E-state index contributed by atoms with van der Waals surface area (Å²) in [5.41, 5.74) is -5.21. The van der Waals surface area contributed by atoms with Crippen molar-refractivity contribution in [2.24, 2.45) is 5.92 Å². The second kappa shape index (κ2) is 6.64. The molecule has 1 heterocycles. The van der Waals surface area contributed by atoms with Crippen molar-refractivity contribution >= 4 is 11.3 Å². The normalized spacial score (nSPS) is 15.4. The van der Waals surface area contributed by atoms with Crippen molar-refractivity contribution in [2.75, 3.05) is 0 Å². The third kappa shape index (κ3) is 4.36. The van der Waals surface area contributed by atoms with Crippen molar-refractivity contribution in [1.29, 1.82) is 0 Å². The summed E-state index contributed by atoms with van der Waals surface area (Å²) < 4.78 is 78.5. The summed E-state index contributed by atoms with van der Waals surface area (Å²) in [5.74, 6) is -0.157. The quantitative estimate of drug-likeness (QED) is 0.637. The lowest BCUT2D eigenvalue weighted by molar-refractivity contribution is -0.143. The zero-order valence-electron chi connectivity index (χ0n) is 13.4. The van der Waals surface area contributed by atoms with Gasteiger partial charge in [-0.3, -0.25) is 0 Å². The van der Waals surface area contributed by atoms with E-state index in [9.17, 15) is 31.4 Å². The van der Waals surface area contributed by atoms with Crippen molar-refractivity contribution in [2.45, 2.75) is 38.2 Å². The van der Waals surface area contributed by atoms with E-state index in [1.54, 1.807) is 25.3 Å². The van der Waals surface area contributed by atoms with Crippen LogP contribution in [0.15, 0.2) is 35.7 Å². The first kappa shape index (κ1) is 19.8. The molecule has 0 aliphatic rings. The van der Waals surface area contributed by atoms with E-state index in [2.05, 4.69) is 0 Å². The molecule has 0 aliphatic heterocycles. The van der Waals surface area contributed by atoms with Crippen LogP contribution in [0, 0.1) is 5.92 Å². The van der Waals surface area contributed by atoms with Gasteiger partial charge in [0.15, 0.2) is 0 Å². The first-order valence-electron chi connectivity index (χ1n) is 7.40. The highest BCUT2D eigenvalue weighted by atomic mass is 32.1. The average molecular weight is 382 g/mol. The maximum absolute atomic E-state index is 13.1. The lowest BCUT2D eigenvalue weighted by Crippen LogP contribution is -2.29. The van der Waals surface area contributed by atoms with Gasteiger partial charge in [-0.1, -0.05) is 19.9 Å². The molecule has 8 heteroatoms.